The van der Waals surface area contributed by atoms with Gasteiger partial charge in [0.1, 0.15) is 23.7 Å². The fraction of sp³-hybridized carbons (Fsp3) is 0.400. The summed E-state index contributed by atoms with van der Waals surface area (Å²) in [5.41, 5.74) is -0.424. The lowest BCUT2D eigenvalue weighted by atomic mass is 9.84. The number of carbonyl (C=O) groups is 2. The van der Waals surface area contributed by atoms with Crippen LogP contribution in [0, 0.1) is 11.8 Å². The van der Waals surface area contributed by atoms with Crippen molar-refractivity contribution in [3.63, 3.8) is 0 Å². The Morgan fingerprint density at radius 2 is 2.07 bits per heavy atom. The average molecular weight is 374 g/mol. The Morgan fingerprint density at radius 3 is 2.70 bits per heavy atom. The summed E-state index contributed by atoms with van der Waals surface area (Å²) < 4.78 is 16.2. The molecule has 2 aliphatic rings. The van der Waals surface area contributed by atoms with Crippen LogP contribution < -0.4 is 0 Å². The maximum Gasteiger partial charge on any atom is 0.331 e. The molecule has 1 heterocycles. The van der Waals surface area contributed by atoms with E-state index in [0.29, 0.717) is 17.4 Å². The van der Waals surface area contributed by atoms with Crippen LogP contribution in [0.25, 0.3) is 6.08 Å². The molecule has 27 heavy (non-hydrogen) atoms. The van der Waals surface area contributed by atoms with Gasteiger partial charge in [-0.2, -0.15) is 0 Å². The normalized spacial score (nSPS) is 32.4. The molecule has 0 unspecified atom stereocenters. The number of aldehydes is 1. The predicted octanol–water partition coefficient (Wildman–Crippen LogP) is 1.44. The zero-order valence-electron chi connectivity index (χ0n) is 14.9. The van der Waals surface area contributed by atoms with Crippen LogP contribution in [0.2, 0.25) is 0 Å². The third-order valence-corrected chi connectivity index (χ3v) is 5.23. The Bertz CT molecular complexity index is 754. The number of aromatic hydroxyl groups is 1. The van der Waals surface area contributed by atoms with Gasteiger partial charge in [-0.25, -0.2) is 4.79 Å². The molecule has 1 saturated heterocycles. The Kier molecular flexibility index (Phi) is 5.46. The van der Waals surface area contributed by atoms with Crippen molar-refractivity contribution in [2.75, 3.05) is 13.7 Å². The molecule has 1 aromatic carbocycles. The van der Waals surface area contributed by atoms with E-state index in [1.807, 2.05) is 0 Å². The molecule has 0 amide bonds. The lowest BCUT2D eigenvalue weighted by Crippen LogP contribution is -2.46. The molecule has 7 heteroatoms. The van der Waals surface area contributed by atoms with E-state index in [0.717, 1.165) is 0 Å². The number of ether oxygens (including phenoxy) is 3. The SMILES string of the molecule is C=C(C=O)[C@H]1C[C@H](OC(=O)/C=C/c2ccc(O)cc2)[C@@]2(O)CO[C@H](OC)[C@@H]12. The topological polar surface area (TPSA) is 102 Å². The highest BCUT2D eigenvalue weighted by Crippen LogP contribution is 2.51. The van der Waals surface area contributed by atoms with Gasteiger partial charge in [0.25, 0.3) is 0 Å². The highest BCUT2D eigenvalue weighted by Gasteiger charge is 2.64. The minimum atomic E-state index is -1.45. The van der Waals surface area contributed by atoms with Crippen molar-refractivity contribution in [2.24, 2.45) is 11.8 Å². The lowest BCUT2D eigenvalue weighted by molar-refractivity contribution is -0.157. The second-order valence-corrected chi connectivity index (χ2v) is 6.82. The molecular formula is C20H22O7. The maximum absolute atomic E-state index is 12.2. The summed E-state index contributed by atoms with van der Waals surface area (Å²) in [5.74, 6) is -1.44. The number of phenols is 1. The number of fused-ring (bicyclic) bond motifs is 1. The summed E-state index contributed by atoms with van der Waals surface area (Å²) in [6.07, 6.45) is 2.15. The summed E-state index contributed by atoms with van der Waals surface area (Å²) in [6.45, 7) is 3.69. The van der Waals surface area contributed by atoms with E-state index in [-0.39, 0.29) is 18.8 Å². The van der Waals surface area contributed by atoms with Crippen molar-refractivity contribution in [3.05, 3.63) is 48.1 Å². The summed E-state index contributed by atoms with van der Waals surface area (Å²) in [7, 11) is 1.46. The Morgan fingerprint density at radius 1 is 1.37 bits per heavy atom. The number of methoxy groups -OCH3 is 1. The van der Waals surface area contributed by atoms with Crippen molar-refractivity contribution >= 4 is 18.3 Å². The summed E-state index contributed by atoms with van der Waals surface area (Å²) >= 11 is 0. The predicted molar refractivity (Wildman–Crippen MR) is 95.5 cm³/mol. The molecule has 1 aromatic rings. The Labute approximate surface area is 156 Å². The first kappa shape index (κ1) is 19.3. The standard InChI is InChI=1S/C20H22O7/c1-12(10-21)15-9-16(20(24)11-26-19(25-2)18(15)20)27-17(23)8-5-13-3-6-14(22)7-4-13/h3-8,10,15-16,18-19,22,24H,1,9,11H2,2H3/b8-5+/t15-,16+,18-,19+,20+/m1/s1. The van der Waals surface area contributed by atoms with Gasteiger partial charge in [0.05, 0.1) is 12.5 Å². The summed E-state index contributed by atoms with van der Waals surface area (Å²) in [4.78, 5) is 23.4. The summed E-state index contributed by atoms with van der Waals surface area (Å²) in [6, 6.07) is 6.31. The van der Waals surface area contributed by atoms with Gasteiger partial charge >= 0.3 is 5.97 Å². The zero-order valence-corrected chi connectivity index (χ0v) is 14.9. The van der Waals surface area contributed by atoms with Crippen LogP contribution in [-0.2, 0) is 23.8 Å². The van der Waals surface area contributed by atoms with Crippen molar-refractivity contribution in [2.45, 2.75) is 24.4 Å². The van der Waals surface area contributed by atoms with Crippen molar-refractivity contribution < 1.29 is 34.0 Å². The van der Waals surface area contributed by atoms with Crippen molar-refractivity contribution in [1.29, 1.82) is 0 Å². The molecule has 7 nitrogen and oxygen atoms in total. The Hall–Kier alpha value is -2.48. The van der Waals surface area contributed by atoms with Gasteiger partial charge in [-0.15, -0.1) is 0 Å². The van der Waals surface area contributed by atoms with Crippen molar-refractivity contribution in [3.8, 4) is 5.75 Å². The zero-order chi connectivity index (χ0) is 19.6. The first-order valence-corrected chi connectivity index (χ1v) is 8.57. The number of rotatable bonds is 6. The van der Waals surface area contributed by atoms with Crippen LogP contribution in [0.4, 0.5) is 0 Å². The van der Waals surface area contributed by atoms with E-state index in [1.165, 1.54) is 25.3 Å². The number of allylic oxidation sites excluding steroid dienone is 1. The van der Waals surface area contributed by atoms with E-state index in [2.05, 4.69) is 6.58 Å². The minimum absolute atomic E-state index is 0.0571. The number of hydrogen-bond donors (Lipinski definition) is 2. The quantitative estimate of drug-likeness (QED) is 0.441. The fourth-order valence-corrected chi connectivity index (χ4v) is 3.84. The molecule has 144 valence electrons. The van der Waals surface area contributed by atoms with Gasteiger partial charge in [-0.3, -0.25) is 4.79 Å². The molecule has 0 radical (unpaired) electrons. The van der Waals surface area contributed by atoms with Crippen LogP contribution in [0.15, 0.2) is 42.5 Å². The van der Waals surface area contributed by atoms with Crippen LogP contribution in [0.5, 0.6) is 5.75 Å². The van der Waals surface area contributed by atoms with Crippen LogP contribution in [-0.4, -0.2) is 54.2 Å². The maximum atomic E-state index is 12.2. The molecule has 1 aliphatic heterocycles. The molecule has 1 aliphatic carbocycles. The van der Waals surface area contributed by atoms with Gasteiger partial charge < -0.3 is 24.4 Å². The number of esters is 1. The third kappa shape index (κ3) is 3.66. The van der Waals surface area contributed by atoms with Gasteiger partial charge in [0, 0.05) is 19.1 Å². The van der Waals surface area contributed by atoms with E-state index in [1.54, 1.807) is 18.2 Å². The second-order valence-electron chi connectivity index (χ2n) is 6.82. The first-order chi connectivity index (χ1) is 12.9. The third-order valence-electron chi connectivity index (χ3n) is 5.23. The van der Waals surface area contributed by atoms with E-state index < -0.39 is 35.8 Å². The van der Waals surface area contributed by atoms with Crippen LogP contribution >= 0.6 is 0 Å². The van der Waals surface area contributed by atoms with Gasteiger partial charge in [-0.05, 0) is 35.8 Å². The largest absolute Gasteiger partial charge is 0.508 e. The average Bonchev–Trinajstić information content (AvgIpc) is 3.14. The van der Waals surface area contributed by atoms with E-state index in [9.17, 15) is 19.8 Å². The number of benzene rings is 1. The highest BCUT2D eigenvalue weighted by atomic mass is 16.7. The highest BCUT2D eigenvalue weighted by molar-refractivity contribution is 5.87. The molecule has 5 atom stereocenters. The molecule has 1 saturated carbocycles. The first-order valence-electron chi connectivity index (χ1n) is 8.57. The van der Waals surface area contributed by atoms with E-state index >= 15 is 0 Å². The minimum Gasteiger partial charge on any atom is -0.508 e. The molecular weight excluding hydrogens is 352 g/mol. The smallest absolute Gasteiger partial charge is 0.331 e. The number of hydrogen-bond acceptors (Lipinski definition) is 7. The number of phenolic OH excluding ortho intramolecular Hbond substituents is 1. The lowest BCUT2D eigenvalue weighted by Gasteiger charge is -2.28. The monoisotopic (exact) mass is 374 g/mol. The molecule has 2 fully saturated rings. The molecule has 0 bridgehead atoms. The molecule has 2 N–H and O–H groups in total. The van der Waals surface area contributed by atoms with E-state index in [4.69, 9.17) is 14.2 Å². The second kappa shape index (κ2) is 7.64. The van der Waals surface area contributed by atoms with Crippen LogP contribution in [0.3, 0.4) is 0 Å². The van der Waals surface area contributed by atoms with Gasteiger partial charge in [0.15, 0.2) is 6.29 Å². The number of aliphatic hydroxyl groups is 1. The molecule has 0 spiro atoms. The summed E-state index contributed by atoms with van der Waals surface area (Å²) in [5, 5.41) is 20.4. The molecule has 0 aromatic heterocycles. The van der Waals surface area contributed by atoms with Crippen molar-refractivity contribution in [1.82, 2.24) is 0 Å². The number of carbonyl (C=O) groups excluding carboxylic acids is 2. The van der Waals surface area contributed by atoms with Gasteiger partial charge in [-0.1, -0.05) is 18.7 Å². The molecule has 3 rings (SSSR count). The van der Waals surface area contributed by atoms with Crippen LogP contribution in [0.1, 0.15) is 12.0 Å². The Balaban J connectivity index is 1.74. The fourth-order valence-electron chi connectivity index (χ4n) is 3.84. The van der Waals surface area contributed by atoms with Gasteiger partial charge in [0.2, 0.25) is 0 Å².